The lowest BCUT2D eigenvalue weighted by Gasteiger charge is -2.08. The van der Waals surface area contributed by atoms with E-state index in [9.17, 15) is 9.90 Å². The van der Waals surface area contributed by atoms with Gasteiger partial charge in [-0.15, -0.1) is 0 Å². The maximum atomic E-state index is 10.9. The Kier molecular flexibility index (Phi) is 2.63. The average Bonchev–Trinajstić information content (AvgIpc) is 2.58. The molecule has 0 aliphatic heterocycles. The number of carbonyl (C=O) groups is 1. The van der Waals surface area contributed by atoms with E-state index in [1.807, 2.05) is 30.7 Å². The number of hydrogen-bond donors (Lipinski definition) is 2. The smallest absolute Gasteiger partial charge is 0.339 e. The van der Waals surface area contributed by atoms with E-state index >= 15 is 0 Å². The van der Waals surface area contributed by atoms with Crippen LogP contribution in [0.3, 0.4) is 0 Å². The van der Waals surface area contributed by atoms with E-state index < -0.39 is 5.97 Å². The lowest BCUT2D eigenvalue weighted by atomic mass is 10.1. The number of phenols is 1. The van der Waals surface area contributed by atoms with Crippen LogP contribution in [-0.2, 0) is 0 Å². The molecule has 2 N–H and O–H groups in total. The molecule has 0 aliphatic carbocycles. The molecule has 1 aromatic carbocycles. The van der Waals surface area contributed by atoms with Crippen molar-refractivity contribution < 1.29 is 15.0 Å². The second-order valence-corrected chi connectivity index (χ2v) is 4.04. The number of carboxylic acids is 1. The van der Waals surface area contributed by atoms with Gasteiger partial charge in [0.15, 0.2) is 0 Å². The Bertz CT molecular complexity index is 584. The number of benzene rings is 1. The molecule has 88 valence electrons. The highest BCUT2D eigenvalue weighted by molar-refractivity contribution is 5.91. The summed E-state index contributed by atoms with van der Waals surface area (Å²) in [6, 6.07) is 6.55. The molecule has 4 heteroatoms. The standard InChI is InChI=1S/C13H13NO3/c1-8-5-9(2)14(7-8)10-3-4-12(15)11(6-10)13(16)17/h3-7,15H,1-2H3,(H,16,17). The molecule has 4 nitrogen and oxygen atoms in total. The van der Waals surface area contributed by atoms with Gasteiger partial charge in [-0.1, -0.05) is 0 Å². The zero-order chi connectivity index (χ0) is 12.6. The molecule has 0 spiro atoms. The molecule has 17 heavy (non-hydrogen) atoms. The second kappa shape index (κ2) is 3.97. The number of nitrogens with zero attached hydrogens (tertiary/aromatic N) is 1. The Morgan fingerprint density at radius 3 is 2.47 bits per heavy atom. The van der Waals surface area contributed by atoms with Gasteiger partial charge in [0, 0.05) is 17.6 Å². The third-order valence-electron chi connectivity index (χ3n) is 2.64. The van der Waals surface area contributed by atoms with Crippen LogP contribution in [0.5, 0.6) is 5.75 Å². The summed E-state index contributed by atoms with van der Waals surface area (Å²) in [5.74, 6) is -1.35. The number of hydrogen-bond acceptors (Lipinski definition) is 2. The lowest BCUT2D eigenvalue weighted by molar-refractivity contribution is 0.0693. The molecule has 0 atom stereocenters. The molecule has 0 saturated carbocycles. The fourth-order valence-corrected chi connectivity index (χ4v) is 1.87. The molecule has 0 aliphatic rings. The summed E-state index contributed by atoms with van der Waals surface area (Å²) in [5, 5.41) is 18.4. The summed E-state index contributed by atoms with van der Waals surface area (Å²) in [5.41, 5.74) is 2.76. The maximum Gasteiger partial charge on any atom is 0.339 e. The van der Waals surface area contributed by atoms with Crippen molar-refractivity contribution in [2.24, 2.45) is 0 Å². The summed E-state index contributed by atoms with van der Waals surface area (Å²) >= 11 is 0. The highest BCUT2D eigenvalue weighted by Crippen LogP contribution is 2.22. The first-order valence-electron chi connectivity index (χ1n) is 5.21. The largest absolute Gasteiger partial charge is 0.507 e. The molecular formula is C13H13NO3. The number of rotatable bonds is 2. The van der Waals surface area contributed by atoms with Gasteiger partial charge >= 0.3 is 5.97 Å². The Morgan fingerprint density at radius 2 is 1.94 bits per heavy atom. The lowest BCUT2D eigenvalue weighted by Crippen LogP contribution is -2.00. The van der Waals surface area contributed by atoms with E-state index in [1.165, 1.54) is 12.1 Å². The number of carboxylic acid groups (broad SMARTS) is 1. The monoisotopic (exact) mass is 231 g/mol. The fraction of sp³-hybridized carbons (Fsp3) is 0.154. The molecule has 0 fully saturated rings. The Balaban J connectivity index is 2.57. The van der Waals surface area contributed by atoms with Crippen LogP contribution >= 0.6 is 0 Å². The molecule has 2 rings (SSSR count). The maximum absolute atomic E-state index is 10.9. The van der Waals surface area contributed by atoms with Gasteiger partial charge in [0.25, 0.3) is 0 Å². The van der Waals surface area contributed by atoms with E-state index in [0.29, 0.717) is 0 Å². The van der Waals surface area contributed by atoms with Crippen molar-refractivity contribution in [2.45, 2.75) is 13.8 Å². The Morgan fingerprint density at radius 1 is 1.24 bits per heavy atom. The van der Waals surface area contributed by atoms with E-state index in [2.05, 4.69) is 0 Å². The van der Waals surface area contributed by atoms with Crippen molar-refractivity contribution in [3.63, 3.8) is 0 Å². The van der Waals surface area contributed by atoms with Crippen molar-refractivity contribution in [1.82, 2.24) is 4.57 Å². The van der Waals surface area contributed by atoms with Crippen LogP contribution < -0.4 is 0 Å². The number of aryl methyl sites for hydroxylation is 2. The van der Waals surface area contributed by atoms with Crippen molar-refractivity contribution in [3.05, 3.63) is 47.3 Å². The fourth-order valence-electron chi connectivity index (χ4n) is 1.87. The molecule has 1 heterocycles. The van der Waals surface area contributed by atoms with Gasteiger partial charge in [-0.05, 0) is 43.7 Å². The van der Waals surface area contributed by atoms with Gasteiger partial charge in [0.1, 0.15) is 11.3 Å². The summed E-state index contributed by atoms with van der Waals surface area (Å²) < 4.78 is 1.89. The average molecular weight is 231 g/mol. The Labute approximate surface area is 98.8 Å². The number of aromatic hydroxyl groups is 1. The number of aromatic carboxylic acids is 1. The van der Waals surface area contributed by atoms with Crippen molar-refractivity contribution in [2.75, 3.05) is 0 Å². The van der Waals surface area contributed by atoms with Crippen LogP contribution in [0.4, 0.5) is 0 Å². The van der Waals surface area contributed by atoms with Gasteiger partial charge in [-0.2, -0.15) is 0 Å². The molecule has 0 amide bonds. The molecule has 2 aromatic rings. The molecular weight excluding hydrogens is 218 g/mol. The minimum Gasteiger partial charge on any atom is -0.507 e. The molecule has 0 unspecified atom stereocenters. The molecule has 0 radical (unpaired) electrons. The molecule has 0 bridgehead atoms. The van der Waals surface area contributed by atoms with Crippen molar-refractivity contribution in [1.29, 1.82) is 0 Å². The van der Waals surface area contributed by atoms with Crippen LogP contribution in [0.25, 0.3) is 5.69 Å². The Hall–Kier alpha value is -2.23. The predicted octanol–water partition coefficient (Wildman–Crippen LogP) is 2.50. The van der Waals surface area contributed by atoms with Gasteiger partial charge in [0.05, 0.1) is 0 Å². The van der Waals surface area contributed by atoms with Gasteiger partial charge in [0.2, 0.25) is 0 Å². The molecule has 1 aromatic heterocycles. The highest BCUT2D eigenvalue weighted by Gasteiger charge is 2.11. The minimum atomic E-state index is -1.13. The van der Waals surface area contributed by atoms with Crippen LogP contribution in [0.1, 0.15) is 21.6 Å². The molecule has 0 saturated heterocycles. The summed E-state index contributed by atoms with van der Waals surface area (Å²) in [6.07, 6.45) is 1.92. The van der Waals surface area contributed by atoms with E-state index in [-0.39, 0.29) is 11.3 Å². The van der Waals surface area contributed by atoms with E-state index in [1.54, 1.807) is 6.07 Å². The van der Waals surface area contributed by atoms with Gasteiger partial charge in [-0.25, -0.2) is 4.79 Å². The van der Waals surface area contributed by atoms with E-state index in [0.717, 1.165) is 16.9 Å². The van der Waals surface area contributed by atoms with Gasteiger partial charge in [-0.3, -0.25) is 0 Å². The SMILES string of the molecule is Cc1cc(C)n(-c2ccc(O)c(C(=O)O)c2)c1. The minimum absolute atomic E-state index is 0.0896. The topological polar surface area (TPSA) is 62.5 Å². The third kappa shape index (κ3) is 2.01. The summed E-state index contributed by atoms with van der Waals surface area (Å²) in [6.45, 7) is 3.92. The first-order valence-corrected chi connectivity index (χ1v) is 5.21. The second-order valence-electron chi connectivity index (χ2n) is 4.04. The summed E-state index contributed by atoms with van der Waals surface area (Å²) in [7, 11) is 0. The van der Waals surface area contributed by atoms with Crippen molar-refractivity contribution >= 4 is 5.97 Å². The van der Waals surface area contributed by atoms with Gasteiger partial charge < -0.3 is 14.8 Å². The van der Waals surface area contributed by atoms with Crippen LogP contribution in [0.15, 0.2) is 30.5 Å². The first-order chi connectivity index (χ1) is 7.99. The van der Waals surface area contributed by atoms with E-state index in [4.69, 9.17) is 5.11 Å². The van der Waals surface area contributed by atoms with Crippen LogP contribution in [0, 0.1) is 13.8 Å². The number of aromatic nitrogens is 1. The zero-order valence-electron chi connectivity index (χ0n) is 9.64. The quantitative estimate of drug-likeness (QED) is 0.834. The summed E-state index contributed by atoms with van der Waals surface area (Å²) in [4.78, 5) is 10.9. The normalized spacial score (nSPS) is 10.5. The predicted molar refractivity (Wildman–Crippen MR) is 63.9 cm³/mol. The zero-order valence-corrected chi connectivity index (χ0v) is 9.64. The first kappa shape index (κ1) is 11.3. The third-order valence-corrected chi connectivity index (χ3v) is 2.64. The van der Waals surface area contributed by atoms with Crippen LogP contribution in [-0.4, -0.2) is 20.7 Å². The van der Waals surface area contributed by atoms with Crippen LogP contribution in [0.2, 0.25) is 0 Å². The van der Waals surface area contributed by atoms with Crippen molar-refractivity contribution in [3.8, 4) is 11.4 Å². The highest BCUT2D eigenvalue weighted by atomic mass is 16.4.